The maximum absolute atomic E-state index is 13.3. The molecule has 258 valence electrons. The predicted molar refractivity (Wildman–Crippen MR) is 181 cm³/mol. The van der Waals surface area contributed by atoms with E-state index in [9.17, 15) is 28.0 Å². The summed E-state index contributed by atoms with van der Waals surface area (Å²) in [5.41, 5.74) is 2.48. The summed E-state index contributed by atoms with van der Waals surface area (Å²) >= 11 is 6.03. The Balaban J connectivity index is 0.000000191. The lowest BCUT2D eigenvalue weighted by molar-refractivity contribution is -0.132. The molecule has 2 aromatic carbocycles. The lowest BCUT2D eigenvalue weighted by atomic mass is 9.90. The highest BCUT2D eigenvalue weighted by atomic mass is 35.5. The molecule has 2 saturated heterocycles. The quantitative estimate of drug-likeness (QED) is 0.279. The topological polar surface area (TPSA) is 132 Å². The van der Waals surface area contributed by atoms with Gasteiger partial charge in [-0.15, -0.1) is 0 Å². The second-order valence-electron chi connectivity index (χ2n) is 12.6. The third-order valence-electron chi connectivity index (χ3n) is 8.93. The molecule has 49 heavy (non-hydrogen) atoms. The Hall–Kier alpha value is -4.71. The van der Waals surface area contributed by atoms with E-state index in [0.29, 0.717) is 48.3 Å². The average molecular weight is 693 g/mol. The minimum Gasteiger partial charge on any atom is -0.342 e. The molecule has 10 nitrogen and oxygen atoms in total. The molecule has 0 spiro atoms. The van der Waals surface area contributed by atoms with Crippen LogP contribution in [-0.2, 0) is 35.3 Å². The third-order valence-corrected chi connectivity index (χ3v) is 9.17. The van der Waals surface area contributed by atoms with Crippen LogP contribution in [0, 0.1) is 23.5 Å². The van der Waals surface area contributed by atoms with Crippen molar-refractivity contribution in [3.8, 4) is 0 Å². The molecule has 13 heteroatoms. The minimum absolute atomic E-state index is 0.0326. The molecule has 0 radical (unpaired) electrons. The van der Waals surface area contributed by atoms with Crippen molar-refractivity contribution in [3.63, 3.8) is 0 Å². The van der Waals surface area contributed by atoms with Crippen LogP contribution in [0.3, 0.4) is 0 Å². The number of carbonyl (C=O) groups is 2. The van der Waals surface area contributed by atoms with Gasteiger partial charge in [-0.2, -0.15) is 10.2 Å². The molecule has 2 fully saturated rings. The maximum Gasteiger partial charge on any atom is 0.264 e. The fraction of sp³-hybridized carbons (Fsp3) is 0.389. The normalized spacial score (nSPS) is 15.4. The number of nitrogens with one attached hydrogen (secondary N) is 2. The first-order chi connectivity index (χ1) is 23.6. The molecular formula is C36H39ClF2N6O4. The van der Waals surface area contributed by atoms with Crippen molar-refractivity contribution in [2.75, 3.05) is 26.2 Å². The molecule has 2 N–H and O–H groups in total. The van der Waals surface area contributed by atoms with E-state index in [2.05, 4.69) is 26.5 Å². The molecule has 0 saturated carbocycles. The van der Waals surface area contributed by atoms with E-state index in [4.69, 9.17) is 11.6 Å². The van der Waals surface area contributed by atoms with Gasteiger partial charge in [0.25, 0.3) is 11.1 Å². The van der Waals surface area contributed by atoms with E-state index >= 15 is 0 Å². The Morgan fingerprint density at radius 3 is 1.57 bits per heavy atom. The third kappa shape index (κ3) is 11.2. The Kier molecular flexibility index (Phi) is 12.4. The summed E-state index contributed by atoms with van der Waals surface area (Å²) in [4.78, 5) is 50.3. The van der Waals surface area contributed by atoms with Crippen molar-refractivity contribution in [1.82, 2.24) is 30.2 Å². The molecule has 2 aliphatic heterocycles. The van der Waals surface area contributed by atoms with Crippen LogP contribution < -0.4 is 11.1 Å². The number of hydrogen-bond acceptors (Lipinski definition) is 6. The van der Waals surface area contributed by atoms with Gasteiger partial charge >= 0.3 is 0 Å². The molecule has 2 amide bonds. The zero-order valence-electron chi connectivity index (χ0n) is 27.0. The van der Waals surface area contributed by atoms with E-state index in [0.717, 1.165) is 56.3 Å². The van der Waals surface area contributed by atoms with Crippen molar-refractivity contribution < 1.29 is 18.4 Å². The number of H-pyrrole nitrogens is 2. The van der Waals surface area contributed by atoms with Gasteiger partial charge in [0.15, 0.2) is 0 Å². The van der Waals surface area contributed by atoms with Gasteiger partial charge in [-0.25, -0.2) is 19.0 Å². The number of likely N-dealkylation sites (tertiary alicyclic amines) is 2. The molecule has 0 aliphatic carbocycles. The molecule has 0 atom stereocenters. The summed E-state index contributed by atoms with van der Waals surface area (Å²) in [5.74, 6) is -0.201. The number of carbonyl (C=O) groups excluding carboxylic acids is 2. The van der Waals surface area contributed by atoms with Gasteiger partial charge in [0.05, 0.1) is 24.2 Å². The molecular weight excluding hydrogens is 654 g/mol. The number of nitrogens with zero attached hydrogens (tertiary/aromatic N) is 4. The van der Waals surface area contributed by atoms with Crippen LogP contribution in [0.5, 0.6) is 0 Å². The molecule has 4 aromatic rings. The Labute approximate surface area is 287 Å². The number of halogens is 3. The second kappa shape index (κ2) is 17.1. The maximum atomic E-state index is 13.3. The zero-order chi connectivity index (χ0) is 34.8. The summed E-state index contributed by atoms with van der Waals surface area (Å²) in [7, 11) is 0. The Morgan fingerprint density at radius 1 is 0.673 bits per heavy atom. The van der Waals surface area contributed by atoms with Gasteiger partial charge in [-0.1, -0.05) is 23.7 Å². The summed E-state index contributed by atoms with van der Waals surface area (Å²) in [5, 5.41) is 13.2. The van der Waals surface area contributed by atoms with Crippen molar-refractivity contribution >= 4 is 23.4 Å². The van der Waals surface area contributed by atoms with Crippen molar-refractivity contribution in [2.24, 2.45) is 11.8 Å². The first-order valence-corrected chi connectivity index (χ1v) is 16.8. The van der Waals surface area contributed by atoms with Gasteiger partial charge in [-0.3, -0.25) is 19.2 Å². The van der Waals surface area contributed by atoms with Gasteiger partial charge in [0.1, 0.15) is 11.6 Å². The van der Waals surface area contributed by atoms with Crippen molar-refractivity contribution in [3.05, 3.63) is 127 Å². The standard InChI is InChI=1S/C18H20ClN3O2.C18H19F2N3O2/c19-15-3-1-2-14(11-15)10-13-6-8-22(9-7-13)18(24)12-16-4-5-17(23)21-20-16;19-14-8-13(9-15(20)10-14)7-12-3-5-23(6-4-12)18(25)11-16-1-2-17(24)22-21-16/h1-5,11,13H,6-10,12H2,(H,21,23);1-2,8-10,12H,3-7,11H2,(H,22,24). The number of amides is 2. The monoisotopic (exact) mass is 692 g/mol. The molecule has 2 aromatic heterocycles. The summed E-state index contributed by atoms with van der Waals surface area (Å²) in [6.07, 6.45) is 5.58. The summed E-state index contributed by atoms with van der Waals surface area (Å²) in [6.45, 7) is 2.77. The molecule has 0 unspecified atom stereocenters. The van der Waals surface area contributed by atoms with E-state index in [-0.39, 0.29) is 35.8 Å². The Morgan fingerprint density at radius 2 is 1.14 bits per heavy atom. The highest BCUT2D eigenvalue weighted by Crippen LogP contribution is 2.24. The highest BCUT2D eigenvalue weighted by Gasteiger charge is 2.25. The molecule has 4 heterocycles. The molecule has 2 aliphatic rings. The largest absolute Gasteiger partial charge is 0.342 e. The summed E-state index contributed by atoms with van der Waals surface area (Å²) < 4.78 is 26.5. The molecule has 6 rings (SSSR count). The number of aromatic amines is 2. The van der Waals surface area contributed by atoms with Crippen LogP contribution in [0.2, 0.25) is 5.02 Å². The minimum atomic E-state index is -0.559. The van der Waals surface area contributed by atoms with Crippen LogP contribution in [0.25, 0.3) is 0 Å². The highest BCUT2D eigenvalue weighted by molar-refractivity contribution is 6.30. The number of piperidine rings is 2. The predicted octanol–water partition coefficient (Wildman–Crippen LogP) is 4.52. The van der Waals surface area contributed by atoms with Crippen molar-refractivity contribution in [2.45, 2.75) is 51.4 Å². The van der Waals surface area contributed by atoms with Gasteiger partial charge in [0.2, 0.25) is 11.8 Å². The van der Waals surface area contributed by atoms with E-state index in [1.807, 2.05) is 23.1 Å². The van der Waals surface area contributed by atoms with Gasteiger partial charge in [-0.05, 0) is 97.9 Å². The van der Waals surface area contributed by atoms with E-state index < -0.39 is 11.6 Å². The summed E-state index contributed by atoms with van der Waals surface area (Å²) in [6, 6.07) is 17.5. The number of aromatic nitrogens is 4. The zero-order valence-corrected chi connectivity index (χ0v) is 27.8. The van der Waals surface area contributed by atoms with Crippen molar-refractivity contribution in [1.29, 1.82) is 0 Å². The average Bonchev–Trinajstić information content (AvgIpc) is 3.07. The van der Waals surface area contributed by atoms with Crippen LogP contribution in [-0.4, -0.2) is 68.2 Å². The smallest absolute Gasteiger partial charge is 0.264 e. The number of benzene rings is 2. The lowest BCUT2D eigenvalue weighted by Gasteiger charge is -2.32. The van der Waals surface area contributed by atoms with E-state index in [1.54, 1.807) is 17.0 Å². The first kappa shape index (κ1) is 35.6. The lowest BCUT2D eigenvalue weighted by Crippen LogP contribution is -2.39. The Bertz CT molecular complexity index is 1790. The SMILES string of the molecule is O=C(Cc1ccc(=O)[nH]n1)N1CCC(Cc2cc(F)cc(F)c2)CC1.O=C(Cc1ccc(=O)[nH]n1)N1CCC(Cc2cccc(Cl)c2)CC1. The van der Waals surface area contributed by atoms with Crippen LogP contribution >= 0.6 is 11.6 Å². The van der Waals surface area contributed by atoms with Gasteiger partial charge < -0.3 is 9.80 Å². The van der Waals surface area contributed by atoms with Crippen LogP contribution in [0.15, 0.2) is 76.3 Å². The van der Waals surface area contributed by atoms with Crippen LogP contribution in [0.1, 0.15) is 48.2 Å². The second-order valence-corrected chi connectivity index (χ2v) is 13.1. The van der Waals surface area contributed by atoms with Gasteiger partial charge in [0, 0.05) is 49.4 Å². The molecule has 0 bridgehead atoms. The number of hydrogen-bond donors (Lipinski definition) is 2. The van der Waals surface area contributed by atoms with E-state index in [1.165, 1.54) is 29.8 Å². The fourth-order valence-electron chi connectivity index (χ4n) is 6.31. The number of rotatable bonds is 8. The fourth-order valence-corrected chi connectivity index (χ4v) is 6.52. The first-order valence-electron chi connectivity index (χ1n) is 16.4. The van der Waals surface area contributed by atoms with Crippen LogP contribution in [0.4, 0.5) is 8.78 Å².